The fourth-order valence-corrected chi connectivity index (χ4v) is 8.56. The van der Waals surface area contributed by atoms with Gasteiger partial charge in [-0.15, -0.1) is 0 Å². The molecular formula is C49H48N4O8. The van der Waals surface area contributed by atoms with Gasteiger partial charge in [0, 0.05) is 24.6 Å². The number of amides is 4. The quantitative estimate of drug-likeness (QED) is 0.103. The molecule has 2 heterocycles. The molecule has 0 spiro atoms. The first kappa shape index (κ1) is 41.0. The number of rotatable bonds is 8. The van der Waals surface area contributed by atoms with Crippen LogP contribution in [0.3, 0.4) is 0 Å². The summed E-state index contributed by atoms with van der Waals surface area (Å²) in [5.74, 6) is -3.38. The number of benzene rings is 5. The number of anilines is 1. The highest BCUT2D eigenvalue weighted by Crippen LogP contribution is 2.44. The summed E-state index contributed by atoms with van der Waals surface area (Å²) in [5, 5.41) is 20.4. The van der Waals surface area contributed by atoms with E-state index in [0.29, 0.717) is 25.1 Å². The molecule has 312 valence electrons. The van der Waals surface area contributed by atoms with Gasteiger partial charge in [0.25, 0.3) is 5.91 Å². The maximum Gasteiger partial charge on any atom is 0.407 e. The summed E-state index contributed by atoms with van der Waals surface area (Å²) >= 11 is 0. The van der Waals surface area contributed by atoms with E-state index in [1.165, 1.54) is 0 Å². The number of carbonyl (C=O) groups excluding carboxylic acids is 5. The molecule has 5 aromatic rings. The molecule has 8 rings (SSSR count). The van der Waals surface area contributed by atoms with E-state index < -0.39 is 54.5 Å². The van der Waals surface area contributed by atoms with Crippen molar-refractivity contribution in [1.29, 1.82) is 0 Å². The molecule has 0 bridgehead atoms. The Labute approximate surface area is 353 Å². The molecule has 12 nitrogen and oxygen atoms in total. The van der Waals surface area contributed by atoms with Crippen LogP contribution in [-0.4, -0.2) is 77.7 Å². The van der Waals surface area contributed by atoms with Crippen LogP contribution in [0.5, 0.6) is 0 Å². The first-order chi connectivity index (χ1) is 29.7. The fourth-order valence-electron chi connectivity index (χ4n) is 8.56. The minimum Gasteiger partial charge on any atom is -0.461 e. The molecule has 0 aromatic heterocycles. The zero-order chi connectivity index (χ0) is 42.3. The molecular weight excluding hydrogens is 773 g/mol. The van der Waals surface area contributed by atoms with Gasteiger partial charge in [0.2, 0.25) is 11.8 Å². The lowest BCUT2D eigenvalue weighted by Crippen LogP contribution is -2.51. The smallest absolute Gasteiger partial charge is 0.407 e. The van der Waals surface area contributed by atoms with Crippen molar-refractivity contribution >= 4 is 46.2 Å². The second kappa shape index (κ2) is 18.6. The highest BCUT2D eigenvalue weighted by atomic mass is 16.6. The fraction of sp³-hybridized carbons (Fsp3) is 0.286. The second-order valence-corrected chi connectivity index (χ2v) is 15.8. The number of hydrogen-bond donors (Lipinski definition) is 4. The summed E-state index contributed by atoms with van der Waals surface area (Å²) in [5.41, 5.74) is 6.78. The topological polar surface area (TPSA) is 163 Å². The van der Waals surface area contributed by atoms with E-state index in [1.54, 1.807) is 29.2 Å². The van der Waals surface area contributed by atoms with Gasteiger partial charge in [0.05, 0.1) is 18.6 Å². The van der Waals surface area contributed by atoms with Crippen molar-refractivity contribution in [3.8, 4) is 11.1 Å². The number of fused-ring (bicyclic) bond motifs is 5. The third-order valence-electron chi connectivity index (χ3n) is 11.9. The lowest BCUT2D eigenvalue weighted by Gasteiger charge is -2.36. The molecule has 0 fully saturated rings. The Bertz CT molecular complexity index is 2440. The summed E-state index contributed by atoms with van der Waals surface area (Å²) < 4.78 is 11.4. The molecule has 5 aromatic carbocycles. The lowest BCUT2D eigenvalue weighted by atomic mass is 9.92. The predicted molar refractivity (Wildman–Crippen MR) is 230 cm³/mol. The Kier molecular flexibility index (Phi) is 12.5. The van der Waals surface area contributed by atoms with Gasteiger partial charge in [-0.05, 0) is 82.0 Å². The van der Waals surface area contributed by atoms with Crippen molar-refractivity contribution in [2.45, 2.75) is 62.7 Å². The van der Waals surface area contributed by atoms with Gasteiger partial charge < -0.3 is 35.4 Å². The Hall–Kier alpha value is -6.79. The van der Waals surface area contributed by atoms with E-state index in [0.717, 1.165) is 44.2 Å². The Morgan fingerprint density at radius 2 is 1.51 bits per heavy atom. The predicted octanol–water partition coefficient (Wildman–Crippen LogP) is 6.41. The van der Waals surface area contributed by atoms with Gasteiger partial charge in [-0.3, -0.25) is 14.4 Å². The normalized spacial score (nSPS) is 20.4. The first-order valence-corrected chi connectivity index (χ1v) is 20.8. The number of ether oxygens (including phenoxy) is 2. The Balaban J connectivity index is 0.986. The van der Waals surface area contributed by atoms with Crippen molar-refractivity contribution in [2.24, 2.45) is 5.92 Å². The van der Waals surface area contributed by atoms with E-state index in [9.17, 15) is 29.1 Å². The molecule has 3 aliphatic rings. The highest BCUT2D eigenvalue weighted by molar-refractivity contribution is 6.00. The molecule has 4 amide bonds. The number of hydrogen-bond acceptors (Lipinski definition) is 8. The van der Waals surface area contributed by atoms with Crippen LogP contribution >= 0.6 is 0 Å². The second-order valence-electron chi connectivity index (χ2n) is 15.8. The molecule has 4 N–H and O–H groups in total. The Morgan fingerprint density at radius 3 is 2.26 bits per heavy atom. The van der Waals surface area contributed by atoms with Gasteiger partial charge in [-0.2, -0.15) is 0 Å². The van der Waals surface area contributed by atoms with Crippen molar-refractivity contribution in [3.63, 3.8) is 0 Å². The highest BCUT2D eigenvalue weighted by Gasteiger charge is 2.35. The third-order valence-corrected chi connectivity index (χ3v) is 11.9. The number of cyclic esters (lactones) is 1. The molecule has 4 atom stereocenters. The number of alkyl carbamates (subject to hydrolysis) is 1. The van der Waals surface area contributed by atoms with E-state index in [-0.39, 0.29) is 44.3 Å². The standard InChI is InChI=1S/C49H48N4O8/c54-28-37-25-33-14-6-7-16-35(33)27-53(37)45(55)26-34-15-2-1-3-21-43(52-49(59)61-29-42-40-19-10-8-17-38(40)39-18-9-11-20-41(39)42)48(58)60-30-44(51-46(34)56)47(57)50-36-23-22-31-12-4-5-13-32(31)24-36/h1-2,4-14,16-20,22-24,34,37,42-44,54H,3,15,21,25-30H2,(H,50,57)(H,51,56)(H,52,59)/t34-,37+,43+,44+/m1/s1. The summed E-state index contributed by atoms with van der Waals surface area (Å²) in [4.78, 5) is 70.6. The summed E-state index contributed by atoms with van der Waals surface area (Å²) in [6, 6.07) is 33.9. The van der Waals surface area contributed by atoms with Gasteiger partial charge in [0.15, 0.2) is 0 Å². The number of aliphatic hydroxyl groups excluding tert-OH is 1. The van der Waals surface area contributed by atoms with E-state index in [1.807, 2.05) is 103 Å². The van der Waals surface area contributed by atoms with Crippen LogP contribution in [-0.2, 0) is 41.6 Å². The van der Waals surface area contributed by atoms with Crippen LogP contribution in [0.15, 0.2) is 127 Å². The van der Waals surface area contributed by atoms with Gasteiger partial charge in [-0.1, -0.05) is 115 Å². The summed E-state index contributed by atoms with van der Waals surface area (Å²) in [7, 11) is 0. The number of carbonyl (C=O) groups is 5. The van der Waals surface area contributed by atoms with Crippen molar-refractivity contribution in [3.05, 3.63) is 150 Å². The summed E-state index contributed by atoms with van der Waals surface area (Å²) in [6.07, 6.45) is 3.70. The average molecular weight is 821 g/mol. The van der Waals surface area contributed by atoms with Crippen molar-refractivity contribution in [2.75, 3.05) is 25.1 Å². The molecule has 0 unspecified atom stereocenters. The molecule has 2 aliphatic heterocycles. The molecule has 61 heavy (non-hydrogen) atoms. The largest absolute Gasteiger partial charge is 0.461 e. The zero-order valence-corrected chi connectivity index (χ0v) is 33.6. The number of allylic oxidation sites excluding steroid dienone is 2. The molecule has 12 heteroatoms. The SMILES string of the molecule is O=C(N[C@H]1CCC=CC[C@H](CC(=O)N2Cc3ccccc3C[C@H]2CO)C(=O)N[C@H](C(=O)Nc2ccc3ccccc3c2)COC1=O)OCC1c2ccccc2-c2ccccc21. The molecule has 1 aliphatic carbocycles. The Morgan fingerprint density at radius 1 is 0.820 bits per heavy atom. The van der Waals surface area contributed by atoms with Crippen LogP contribution in [0.4, 0.5) is 10.5 Å². The monoisotopic (exact) mass is 820 g/mol. The van der Waals surface area contributed by atoms with Gasteiger partial charge in [0.1, 0.15) is 25.3 Å². The summed E-state index contributed by atoms with van der Waals surface area (Å²) in [6.45, 7) is -0.427. The number of nitrogens with zero attached hydrogens (tertiary/aromatic N) is 1. The maximum absolute atomic E-state index is 14.1. The van der Waals surface area contributed by atoms with Crippen LogP contribution in [0.1, 0.15) is 53.9 Å². The average Bonchev–Trinajstić information content (AvgIpc) is 3.61. The van der Waals surface area contributed by atoms with Crippen LogP contribution < -0.4 is 16.0 Å². The maximum atomic E-state index is 14.1. The molecule has 0 radical (unpaired) electrons. The minimum absolute atomic E-state index is 0.0493. The minimum atomic E-state index is -1.35. The van der Waals surface area contributed by atoms with Crippen LogP contribution in [0.2, 0.25) is 0 Å². The molecule has 0 saturated heterocycles. The van der Waals surface area contributed by atoms with E-state index >= 15 is 0 Å². The first-order valence-electron chi connectivity index (χ1n) is 20.8. The van der Waals surface area contributed by atoms with Crippen molar-refractivity contribution in [1.82, 2.24) is 15.5 Å². The van der Waals surface area contributed by atoms with Gasteiger partial charge >= 0.3 is 12.1 Å². The van der Waals surface area contributed by atoms with Crippen LogP contribution in [0.25, 0.3) is 21.9 Å². The van der Waals surface area contributed by atoms with Gasteiger partial charge in [-0.25, -0.2) is 9.59 Å². The van der Waals surface area contributed by atoms with E-state index in [4.69, 9.17) is 9.47 Å². The number of aliphatic hydroxyl groups is 1. The lowest BCUT2D eigenvalue weighted by molar-refractivity contribution is -0.148. The molecule has 0 saturated carbocycles. The van der Waals surface area contributed by atoms with E-state index in [2.05, 4.69) is 16.0 Å². The zero-order valence-electron chi connectivity index (χ0n) is 33.6. The third kappa shape index (κ3) is 9.34. The van der Waals surface area contributed by atoms with Crippen LogP contribution in [0, 0.1) is 5.92 Å². The van der Waals surface area contributed by atoms with Crippen molar-refractivity contribution < 1.29 is 38.6 Å². The number of nitrogens with one attached hydrogen (secondary N) is 3. The number of esters is 1.